The zero-order chi connectivity index (χ0) is 12.3. The van der Waals surface area contributed by atoms with Crippen molar-refractivity contribution in [2.75, 3.05) is 5.73 Å². The van der Waals surface area contributed by atoms with Crippen molar-refractivity contribution in [3.8, 4) is 5.75 Å². The number of anilines is 1. The van der Waals surface area contributed by atoms with Gasteiger partial charge in [0.15, 0.2) is 0 Å². The van der Waals surface area contributed by atoms with Crippen molar-refractivity contribution in [3.63, 3.8) is 0 Å². The van der Waals surface area contributed by atoms with E-state index in [4.69, 9.17) is 22.1 Å². The first kappa shape index (κ1) is 11.7. The molecular formula is C13H13ClN2O. The summed E-state index contributed by atoms with van der Waals surface area (Å²) in [7, 11) is 0. The van der Waals surface area contributed by atoms with Crippen LogP contribution in [0.4, 0.5) is 5.82 Å². The zero-order valence-electron chi connectivity index (χ0n) is 9.48. The molecule has 0 spiro atoms. The fourth-order valence-electron chi connectivity index (χ4n) is 1.50. The molecule has 1 heterocycles. The zero-order valence-corrected chi connectivity index (χ0v) is 10.2. The number of benzene rings is 1. The first-order chi connectivity index (χ1) is 8.16. The lowest BCUT2D eigenvalue weighted by Crippen LogP contribution is -2.02. The van der Waals surface area contributed by atoms with Crippen molar-refractivity contribution < 1.29 is 4.74 Å². The fourth-order valence-corrected chi connectivity index (χ4v) is 1.73. The predicted octanol–water partition coefficient (Wildman–Crippen LogP) is 3.20. The van der Waals surface area contributed by atoms with E-state index in [1.54, 1.807) is 12.3 Å². The van der Waals surface area contributed by atoms with Gasteiger partial charge >= 0.3 is 0 Å². The van der Waals surface area contributed by atoms with Crippen LogP contribution < -0.4 is 10.5 Å². The third-order valence-corrected chi connectivity index (χ3v) is 2.68. The molecule has 0 aliphatic rings. The summed E-state index contributed by atoms with van der Waals surface area (Å²) in [4.78, 5) is 4.00. The van der Waals surface area contributed by atoms with Crippen molar-refractivity contribution in [2.24, 2.45) is 0 Å². The Morgan fingerprint density at radius 1 is 1.35 bits per heavy atom. The van der Waals surface area contributed by atoms with Gasteiger partial charge in [-0.15, -0.1) is 0 Å². The minimum Gasteiger partial charge on any atom is -0.488 e. The minimum absolute atomic E-state index is 0.405. The first-order valence-corrected chi connectivity index (χ1v) is 5.63. The molecule has 0 saturated heterocycles. The third kappa shape index (κ3) is 2.88. The highest BCUT2D eigenvalue weighted by molar-refractivity contribution is 6.30. The van der Waals surface area contributed by atoms with E-state index in [1.165, 1.54) is 0 Å². The topological polar surface area (TPSA) is 48.1 Å². The highest BCUT2D eigenvalue weighted by Crippen LogP contribution is 2.23. The lowest BCUT2D eigenvalue weighted by molar-refractivity contribution is 0.304. The molecule has 0 atom stereocenters. The molecule has 88 valence electrons. The minimum atomic E-state index is 0.405. The number of nitrogens with zero attached hydrogens (tertiary/aromatic N) is 1. The second kappa shape index (κ2) is 5.06. The van der Waals surface area contributed by atoms with Crippen LogP contribution in [0.25, 0.3) is 0 Å². The van der Waals surface area contributed by atoms with Crippen LogP contribution in [-0.2, 0) is 6.61 Å². The van der Waals surface area contributed by atoms with Gasteiger partial charge in [0.2, 0.25) is 0 Å². The highest BCUT2D eigenvalue weighted by Gasteiger charge is 2.03. The summed E-state index contributed by atoms with van der Waals surface area (Å²) in [6.07, 6.45) is 1.66. The second-order valence-electron chi connectivity index (χ2n) is 3.75. The van der Waals surface area contributed by atoms with Crippen molar-refractivity contribution >= 4 is 17.4 Å². The molecule has 0 fully saturated rings. The Hall–Kier alpha value is -1.74. The maximum Gasteiger partial charge on any atom is 0.129 e. The van der Waals surface area contributed by atoms with E-state index < -0.39 is 0 Å². The van der Waals surface area contributed by atoms with Crippen LogP contribution >= 0.6 is 11.6 Å². The summed E-state index contributed by atoms with van der Waals surface area (Å²) in [5.41, 5.74) is 7.61. The van der Waals surface area contributed by atoms with E-state index in [1.807, 2.05) is 31.2 Å². The number of hydrogen-bond acceptors (Lipinski definition) is 3. The molecule has 1 aromatic carbocycles. The van der Waals surface area contributed by atoms with Gasteiger partial charge in [-0.25, -0.2) is 4.98 Å². The van der Waals surface area contributed by atoms with Gasteiger partial charge in [-0.1, -0.05) is 17.7 Å². The van der Waals surface area contributed by atoms with Crippen molar-refractivity contribution in [1.29, 1.82) is 0 Å². The SMILES string of the molecule is Cc1cc(Cl)ccc1OCc1cccnc1N. The summed E-state index contributed by atoms with van der Waals surface area (Å²) in [5.74, 6) is 1.30. The summed E-state index contributed by atoms with van der Waals surface area (Å²) < 4.78 is 5.68. The third-order valence-electron chi connectivity index (χ3n) is 2.45. The molecule has 0 unspecified atom stereocenters. The summed E-state index contributed by atoms with van der Waals surface area (Å²) in [6.45, 7) is 2.36. The molecule has 2 N–H and O–H groups in total. The molecule has 3 nitrogen and oxygen atoms in total. The van der Waals surface area contributed by atoms with Crippen LogP contribution in [0, 0.1) is 6.92 Å². The molecule has 0 amide bonds. The van der Waals surface area contributed by atoms with Gasteiger partial charge in [0.25, 0.3) is 0 Å². The smallest absolute Gasteiger partial charge is 0.129 e. The molecule has 0 saturated carbocycles. The van der Waals surface area contributed by atoms with Crippen LogP contribution in [0.3, 0.4) is 0 Å². The highest BCUT2D eigenvalue weighted by atomic mass is 35.5. The standard InChI is InChI=1S/C13H13ClN2O/c1-9-7-11(14)4-5-12(9)17-8-10-3-2-6-16-13(10)15/h2-7H,8H2,1H3,(H2,15,16). The number of ether oxygens (including phenoxy) is 1. The average molecular weight is 249 g/mol. The molecule has 0 radical (unpaired) electrons. The predicted molar refractivity (Wildman–Crippen MR) is 69.2 cm³/mol. The molecule has 0 bridgehead atoms. The Morgan fingerprint density at radius 3 is 2.88 bits per heavy atom. The van der Waals surface area contributed by atoms with E-state index in [9.17, 15) is 0 Å². The van der Waals surface area contributed by atoms with E-state index in [-0.39, 0.29) is 0 Å². The van der Waals surface area contributed by atoms with Crippen molar-refractivity contribution in [1.82, 2.24) is 4.98 Å². The quantitative estimate of drug-likeness (QED) is 0.907. The number of pyridine rings is 1. The largest absolute Gasteiger partial charge is 0.488 e. The van der Waals surface area contributed by atoms with Crippen LogP contribution in [0.2, 0.25) is 5.02 Å². The number of halogens is 1. The van der Waals surface area contributed by atoms with E-state index >= 15 is 0 Å². The average Bonchev–Trinajstić information content (AvgIpc) is 2.30. The lowest BCUT2D eigenvalue weighted by atomic mass is 10.2. The Kier molecular flexibility index (Phi) is 3.49. The summed E-state index contributed by atoms with van der Waals surface area (Å²) in [5, 5.41) is 0.704. The number of aryl methyl sites for hydroxylation is 1. The normalized spacial score (nSPS) is 10.2. The van der Waals surface area contributed by atoms with E-state index in [2.05, 4.69) is 4.98 Å². The molecule has 0 aliphatic carbocycles. The molecule has 2 rings (SSSR count). The van der Waals surface area contributed by atoms with Gasteiger partial charge in [-0.05, 0) is 36.8 Å². The fraction of sp³-hybridized carbons (Fsp3) is 0.154. The van der Waals surface area contributed by atoms with Crippen molar-refractivity contribution in [3.05, 3.63) is 52.7 Å². The molecular weight excluding hydrogens is 236 g/mol. The van der Waals surface area contributed by atoms with Gasteiger partial charge in [0, 0.05) is 16.8 Å². The monoisotopic (exact) mass is 248 g/mol. The molecule has 4 heteroatoms. The van der Waals surface area contributed by atoms with Gasteiger partial charge in [-0.3, -0.25) is 0 Å². The van der Waals surface area contributed by atoms with Crippen LogP contribution in [0.15, 0.2) is 36.5 Å². The van der Waals surface area contributed by atoms with Crippen molar-refractivity contribution in [2.45, 2.75) is 13.5 Å². The number of nitrogen functional groups attached to an aromatic ring is 1. The Labute approximate surface area is 105 Å². The van der Waals surface area contributed by atoms with E-state index in [0.717, 1.165) is 16.9 Å². The Morgan fingerprint density at radius 2 is 2.18 bits per heavy atom. The molecule has 2 aromatic rings. The summed E-state index contributed by atoms with van der Waals surface area (Å²) in [6, 6.07) is 9.25. The number of aromatic nitrogens is 1. The van der Waals surface area contributed by atoms with Crippen LogP contribution in [0.1, 0.15) is 11.1 Å². The van der Waals surface area contributed by atoms with Crippen LogP contribution in [0.5, 0.6) is 5.75 Å². The number of nitrogens with two attached hydrogens (primary N) is 1. The lowest BCUT2D eigenvalue weighted by Gasteiger charge is -2.10. The molecule has 17 heavy (non-hydrogen) atoms. The maximum atomic E-state index is 5.87. The van der Waals surface area contributed by atoms with Gasteiger partial charge < -0.3 is 10.5 Å². The first-order valence-electron chi connectivity index (χ1n) is 5.25. The molecule has 0 aliphatic heterocycles. The second-order valence-corrected chi connectivity index (χ2v) is 4.18. The van der Waals surface area contributed by atoms with Gasteiger partial charge in [-0.2, -0.15) is 0 Å². The Balaban J connectivity index is 2.10. The maximum absolute atomic E-state index is 5.87. The Bertz CT molecular complexity index is 529. The van der Waals surface area contributed by atoms with Gasteiger partial charge in [0.05, 0.1) is 0 Å². The van der Waals surface area contributed by atoms with E-state index in [0.29, 0.717) is 17.4 Å². The number of hydrogen-bond donors (Lipinski definition) is 1. The van der Waals surface area contributed by atoms with Gasteiger partial charge in [0.1, 0.15) is 18.2 Å². The van der Waals surface area contributed by atoms with Crippen LogP contribution in [-0.4, -0.2) is 4.98 Å². The summed E-state index contributed by atoms with van der Waals surface area (Å²) >= 11 is 5.87. The number of rotatable bonds is 3. The molecule has 1 aromatic heterocycles.